The average Bonchev–Trinajstić information content (AvgIpc) is 3.13. The molecule has 2 N–H and O–H groups in total. The highest BCUT2D eigenvalue weighted by molar-refractivity contribution is 5.37. The zero-order valence-corrected chi connectivity index (χ0v) is 13.3. The molecule has 2 atom stereocenters. The molecule has 0 spiro atoms. The van der Waals surface area contributed by atoms with Gasteiger partial charge in [-0.1, -0.05) is 17.7 Å². The number of nitrogens with one attached hydrogen (secondary N) is 1. The van der Waals surface area contributed by atoms with Gasteiger partial charge in [-0.2, -0.15) is 0 Å². The summed E-state index contributed by atoms with van der Waals surface area (Å²) in [6.45, 7) is 7.77. The molecule has 1 aliphatic heterocycles. The molecule has 0 bridgehead atoms. The Morgan fingerprint density at radius 2 is 2.10 bits per heavy atom. The summed E-state index contributed by atoms with van der Waals surface area (Å²) in [5, 5.41) is 13.8. The minimum Gasteiger partial charge on any atom is -0.508 e. The van der Waals surface area contributed by atoms with Crippen molar-refractivity contribution in [1.82, 2.24) is 10.2 Å². The van der Waals surface area contributed by atoms with Crippen LogP contribution in [0.25, 0.3) is 0 Å². The lowest BCUT2D eigenvalue weighted by Gasteiger charge is -2.32. The van der Waals surface area contributed by atoms with Gasteiger partial charge in [0.2, 0.25) is 0 Å². The maximum atomic E-state index is 10.2. The van der Waals surface area contributed by atoms with Crippen LogP contribution in [-0.4, -0.2) is 35.7 Å². The van der Waals surface area contributed by atoms with E-state index in [-0.39, 0.29) is 6.04 Å². The van der Waals surface area contributed by atoms with Gasteiger partial charge in [0.1, 0.15) is 5.75 Å². The molecule has 0 aromatic heterocycles. The lowest BCUT2D eigenvalue weighted by Crippen LogP contribution is -2.40. The Kier molecular flexibility index (Phi) is 4.51. The van der Waals surface area contributed by atoms with E-state index in [1.165, 1.54) is 37.8 Å². The molecule has 0 radical (unpaired) electrons. The number of aromatic hydroxyl groups is 1. The van der Waals surface area contributed by atoms with Crippen molar-refractivity contribution in [1.29, 1.82) is 0 Å². The first-order valence-electron chi connectivity index (χ1n) is 8.40. The standard InChI is InChI=1S/C18H28N2O/c1-13-5-8-18(21)17(10-13)14(2)20(11-15-6-7-15)12-16-4-3-9-19-16/h5,8,10,14-16,19,21H,3-4,6-7,9,11-12H2,1-2H3. The smallest absolute Gasteiger partial charge is 0.120 e. The Morgan fingerprint density at radius 1 is 1.29 bits per heavy atom. The van der Waals surface area contributed by atoms with Crippen molar-refractivity contribution in [2.24, 2.45) is 5.92 Å². The van der Waals surface area contributed by atoms with E-state index >= 15 is 0 Å². The molecule has 1 aliphatic carbocycles. The van der Waals surface area contributed by atoms with Crippen molar-refractivity contribution in [2.75, 3.05) is 19.6 Å². The number of aryl methyl sites for hydroxylation is 1. The highest BCUT2D eigenvalue weighted by Gasteiger charge is 2.30. The molecular formula is C18H28N2O. The van der Waals surface area contributed by atoms with Crippen molar-refractivity contribution in [3.63, 3.8) is 0 Å². The van der Waals surface area contributed by atoms with Crippen LogP contribution in [0.3, 0.4) is 0 Å². The second-order valence-corrected chi connectivity index (χ2v) is 6.93. The molecule has 21 heavy (non-hydrogen) atoms. The fourth-order valence-corrected chi connectivity index (χ4v) is 3.42. The van der Waals surface area contributed by atoms with Crippen LogP contribution in [0.15, 0.2) is 18.2 Å². The monoisotopic (exact) mass is 288 g/mol. The van der Waals surface area contributed by atoms with E-state index in [0.29, 0.717) is 11.8 Å². The van der Waals surface area contributed by atoms with Gasteiger partial charge in [-0.05, 0) is 58.1 Å². The highest BCUT2D eigenvalue weighted by Crippen LogP contribution is 2.35. The van der Waals surface area contributed by atoms with Gasteiger partial charge in [0.25, 0.3) is 0 Å². The summed E-state index contributed by atoms with van der Waals surface area (Å²) in [5.41, 5.74) is 2.30. The van der Waals surface area contributed by atoms with Gasteiger partial charge in [0, 0.05) is 30.7 Å². The second kappa shape index (κ2) is 6.37. The molecule has 3 heteroatoms. The maximum absolute atomic E-state index is 10.2. The third-order valence-corrected chi connectivity index (χ3v) is 4.99. The van der Waals surface area contributed by atoms with Gasteiger partial charge in [0.05, 0.1) is 0 Å². The summed E-state index contributed by atoms with van der Waals surface area (Å²) in [6, 6.07) is 6.87. The molecule has 1 saturated heterocycles. The molecule has 0 amide bonds. The van der Waals surface area contributed by atoms with E-state index in [4.69, 9.17) is 0 Å². The molecule has 116 valence electrons. The summed E-state index contributed by atoms with van der Waals surface area (Å²) in [6.07, 6.45) is 5.34. The van der Waals surface area contributed by atoms with Gasteiger partial charge in [-0.15, -0.1) is 0 Å². The van der Waals surface area contributed by atoms with E-state index < -0.39 is 0 Å². The predicted octanol–water partition coefficient (Wildman–Crippen LogP) is 3.23. The van der Waals surface area contributed by atoms with Crippen LogP contribution >= 0.6 is 0 Å². The molecule has 1 aromatic carbocycles. The third-order valence-electron chi connectivity index (χ3n) is 4.99. The minimum atomic E-state index is 0.285. The Labute approximate surface area is 128 Å². The Balaban J connectivity index is 1.74. The Bertz CT molecular complexity index is 478. The number of rotatable bonds is 6. The molecule has 3 nitrogen and oxygen atoms in total. The van der Waals surface area contributed by atoms with E-state index in [1.54, 1.807) is 0 Å². The number of phenolic OH excluding ortho intramolecular Hbond substituents is 1. The van der Waals surface area contributed by atoms with Crippen molar-refractivity contribution in [2.45, 2.75) is 51.6 Å². The topological polar surface area (TPSA) is 35.5 Å². The highest BCUT2D eigenvalue weighted by atomic mass is 16.3. The zero-order chi connectivity index (χ0) is 14.8. The molecule has 1 saturated carbocycles. The summed E-state index contributed by atoms with van der Waals surface area (Å²) in [5.74, 6) is 1.31. The zero-order valence-electron chi connectivity index (χ0n) is 13.3. The Morgan fingerprint density at radius 3 is 2.76 bits per heavy atom. The summed E-state index contributed by atoms with van der Waals surface area (Å²) in [7, 11) is 0. The summed E-state index contributed by atoms with van der Waals surface area (Å²) in [4.78, 5) is 2.58. The van der Waals surface area contributed by atoms with Gasteiger partial charge in [-0.3, -0.25) is 4.90 Å². The van der Waals surface area contributed by atoms with Gasteiger partial charge in [-0.25, -0.2) is 0 Å². The van der Waals surface area contributed by atoms with Crippen molar-refractivity contribution >= 4 is 0 Å². The molecule has 2 aliphatic rings. The lowest BCUT2D eigenvalue weighted by molar-refractivity contribution is 0.181. The minimum absolute atomic E-state index is 0.285. The molecule has 2 fully saturated rings. The van der Waals surface area contributed by atoms with Gasteiger partial charge in [0.15, 0.2) is 0 Å². The van der Waals surface area contributed by atoms with Crippen LogP contribution < -0.4 is 5.32 Å². The quantitative estimate of drug-likeness (QED) is 0.843. The molecule has 1 aromatic rings. The van der Waals surface area contributed by atoms with Crippen molar-refractivity contribution in [3.05, 3.63) is 29.3 Å². The normalized spacial score (nSPS) is 23.7. The van der Waals surface area contributed by atoms with Crippen LogP contribution in [-0.2, 0) is 0 Å². The fraction of sp³-hybridized carbons (Fsp3) is 0.667. The Hall–Kier alpha value is -1.06. The fourth-order valence-electron chi connectivity index (χ4n) is 3.42. The number of phenols is 1. The first-order valence-corrected chi connectivity index (χ1v) is 8.40. The van der Waals surface area contributed by atoms with Crippen molar-refractivity contribution < 1.29 is 5.11 Å². The molecular weight excluding hydrogens is 260 g/mol. The maximum Gasteiger partial charge on any atom is 0.120 e. The predicted molar refractivity (Wildman–Crippen MR) is 86.6 cm³/mol. The largest absolute Gasteiger partial charge is 0.508 e. The van der Waals surface area contributed by atoms with Gasteiger partial charge >= 0.3 is 0 Å². The van der Waals surface area contributed by atoms with E-state index in [2.05, 4.69) is 30.1 Å². The number of hydrogen-bond donors (Lipinski definition) is 2. The average molecular weight is 288 g/mol. The SMILES string of the molecule is Cc1ccc(O)c(C(C)N(CC2CC2)CC2CCCN2)c1. The second-order valence-electron chi connectivity index (χ2n) is 6.93. The van der Waals surface area contributed by atoms with Crippen molar-refractivity contribution in [3.8, 4) is 5.75 Å². The lowest BCUT2D eigenvalue weighted by atomic mass is 10.0. The van der Waals surface area contributed by atoms with Crippen LogP contribution in [0.4, 0.5) is 0 Å². The first kappa shape index (κ1) is 14.9. The van der Waals surface area contributed by atoms with Gasteiger partial charge < -0.3 is 10.4 Å². The number of hydrogen-bond acceptors (Lipinski definition) is 3. The summed E-state index contributed by atoms with van der Waals surface area (Å²) < 4.78 is 0. The molecule has 2 unspecified atom stereocenters. The van der Waals surface area contributed by atoms with Crippen LogP contribution in [0, 0.1) is 12.8 Å². The third kappa shape index (κ3) is 3.78. The molecule has 1 heterocycles. The molecule has 3 rings (SSSR count). The van der Waals surface area contributed by atoms with Crippen LogP contribution in [0.5, 0.6) is 5.75 Å². The number of nitrogens with zero attached hydrogens (tertiary/aromatic N) is 1. The van der Waals surface area contributed by atoms with Crippen LogP contribution in [0.1, 0.15) is 49.8 Å². The van der Waals surface area contributed by atoms with E-state index in [0.717, 1.165) is 24.6 Å². The van der Waals surface area contributed by atoms with E-state index in [9.17, 15) is 5.11 Å². The van der Waals surface area contributed by atoms with E-state index in [1.807, 2.05) is 12.1 Å². The van der Waals surface area contributed by atoms with Crippen LogP contribution in [0.2, 0.25) is 0 Å². The number of benzene rings is 1. The first-order chi connectivity index (χ1) is 10.1. The summed E-state index contributed by atoms with van der Waals surface area (Å²) >= 11 is 0.